The number of carbonyl (C=O) groups is 1. The predicted octanol–water partition coefficient (Wildman–Crippen LogP) is 4.21. The van der Waals surface area contributed by atoms with Crippen molar-refractivity contribution in [1.29, 1.82) is 0 Å². The van der Waals surface area contributed by atoms with Gasteiger partial charge in [-0.2, -0.15) is 0 Å². The fourth-order valence-corrected chi connectivity index (χ4v) is 3.08. The number of hydrogen-bond acceptors (Lipinski definition) is 5. The van der Waals surface area contributed by atoms with E-state index >= 15 is 0 Å². The molecule has 1 N–H and O–H groups in total. The normalized spacial score (nSPS) is 11.0. The minimum absolute atomic E-state index is 0.185. The summed E-state index contributed by atoms with van der Waals surface area (Å²) in [5.41, 5.74) is 1.50. The Bertz CT molecular complexity index is 795. The van der Waals surface area contributed by atoms with E-state index in [0.29, 0.717) is 11.6 Å². The van der Waals surface area contributed by atoms with Crippen LogP contribution >= 0.6 is 27.3 Å². The average molecular weight is 376 g/mol. The van der Waals surface area contributed by atoms with E-state index in [-0.39, 0.29) is 5.91 Å². The molecule has 0 bridgehead atoms. The highest BCUT2D eigenvalue weighted by Gasteiger charge is 2.04. The van der Waals surface area contributed by atoms with Crippen molar-refractivity contribution >= 4 is 44.9 Å². The minimum Gasteiger partial charge on any atom is -0.423 e. The molecule has 3 rings (SSSR count). The molecule has 0 aliphatic rings. The SMILES string of the molecule is O=C(/C=C/c1ccc(Br)s1)Nc1ccc(-c2nnco2)cc1. The molecule has 1 amide bonds. The van der Waals surface area contributed by atoms with Crippen LogP contribution in [-0.4, -0.2) is 16.1 Å². The van der Waals surface area contributed by atoms with Crippen LogP contribution in [0.5, 0.6) is 0 Å². The number of halogens is 1. The summed E-state index contributed by atoms with van der Waals surface area (Å²) in [5.74, 6) is 0.260. The summed E-state index contributed by atoms with van der Waals surface area (Å²) in [6, 6.07) is 11.1. The molecule has 7 heteroatoms. The summed E-state index contributed by atoms with van der Waals surface area (Å²) in [5, 5.41) is 10.2. The topological polar surface area (TPSA) is 68.0 Å². The Kier molecular flexibility index (Phi) is 4.45. The van der Waals surface area contributed by atoms with Crippen LogP contribution in [0.25, 0.3) is 17.5 Å². The quantitative estimate of drug-likeness (QED) is 0.693. The van der Waals surface area contributed by atoms with Crippen LogP contribution in [0.2, 0.25) is 0 Å². The number of amides is 1. The largest absolute Gasteiger partial charge is 0.423 e. The van der Waals surface area contributed by atoms with Crippen molar-refractivity contribution in [2.75, 3.05) is 5.32 Å². The minimum atomic E-state index is -0.185. The molecule has 0 radical (unpaired) electrons. The summed E-state index contributed by atoms with van der Waals surface area (Å²) in [6.07, 6.45) is 4.56. The van der Waals surface area contributed by atoms with Gasteiger partial charge in [-0.05, 0) is 58.4 Å². The molecule has 0 spiro atoms. The van der Waals surface area contributed by atoms with Gasteiger partial charge in [-0.25, -0.2) is 0 Å². The smallest absolute Gasteiger partial charge is 0.248 e. The van der Waals surface area contributed by atoms with E-state index < -0.39 is 0 Å². The van der Waals surface area contributed by atoms with Crippen LogP contribution in [0, 0.1) is 0 Å². The Morgan fingerprint density at radius 2 is 2.05 bits per heavy atom. The molecule has 0 saturated heterocycles. The van der Waals surface area contributed by atoms with Crippen molar-refractivity contribution < 1.29 is 9.21 Å². The first kappa shape index (κ1) is 14.7. The maximum atomic E-state index is 11.9. The molecule has 110 valence electrons. The summed E-state index contributed by atoms with van der Waals surface area (Å²) in [4.78, 5) is 12.9. The number of aromatic nitrogens is 2. The number of anilines is 1. The van der Waals surface area contributed by atoms with Gasteiger partial charge in [-0.15, -0.1) is 21.5 Å². The van der Waals surface area contributed by atoms with Gasteiger partial charge in [0.15, 0.2) is 0 Å². The molecule has 0 aliphatic carbocycles. The second-order valence-corrected chi connectivity index (χ2v) is 6.78. The molecule has 0 aliphatic heterocycles. The van der Waals surface area contributed by atoms with Crippen LogP contribution in [0.4, 0.5) is 5.69 Å². The Morgan fingerprint density at radius 3 is 2.68 bits per heavy atom. The molecule has 0 atom stereocenters. The van der Waals surface area contributed by atoms with Gasteiger partial charge in [-0.1, -0.05) is 0 Å². The van der Waals surface area contributed by atoms with E-state index in [1.807, 2.05) is 24.3 Å². The van der Waals surface area contributed by atoms with E-state index in [0.717, 1.165) is 14.2 Å². The van der Waals surface area contributed by atoms with E-state index in [4.69, 9.17) is 4.42 Å². The summed E-state index contributed by atoms with van der Waals surface area (Å²) in [6.45, 7) is 0. The first-order chi connectivity index (χ1) is 10.7. The molecule has 3 aromatic rings. The number of nitrogens with zero attached hydrogens (tertiary/aromatic N) is 2. The van der Waals surface area contributed by atoms with Gasteiger partial charge in [-0.3, -0.25) is 4.79 Å². The number of rotatable bonds is 4. The molecular weight excluding hydrogens is 366 g/mol. The van der Waals surface area contributed by atoms with E-state index in [2.05, 4.69) is 31.4 Å². The van der Waals surface area contributed by atoms with Gasteiger partial charge >= 0.3 is 0 Å². The fraction of sp³-hybridized carbons (Fsp3) is 0. The van der Waals surface area contributed by atoms with E-state index in [1.165, 1.54) is 12.5 Å². The molecule has 0 unspecified atom stereocenters. The van der Waals surface area contributed by atoms with Gasteiger partial charge in [0.1, 0.15) is 0 Å². The van der Waals surface area contributed by atoms with Crippen molar-refractivity contribution in [3.63, 3.8) is 0 Å². The second-order valence-electron chi connectivity index (χ2n) is 4.29. The third kappa shape index (κ3) is 3.69. The van der Waals surface area contributed by atoms with Crippen LogP contribution in [-0.2, 0) is 4.79 Å². The highest BCUT2D eigenvalue weighted by Crippen LogP contribution is 2.23. The Hall–Kier alpha value is -2.25. The standard InChI is InChI=1S/C15H10BrN3O2S/c16-13-7-5-12(22-13)6-8-14(20)18-11-3-1-10(2-4-11)15-19-17-9-21-15/h1-9H,(H,18,20)/b8-6+. The monoisotopic (exact) mass is 375 g/mol. The van der Waals surface area contributed by atoms with Gasteiger partial charge in [0.05, 0.1) is 3.79 Å². The highest BCUT2D eigenvalue weighted by atomic mass is 79.9. The molecule has 22 heavy (non-hydrogen) atoms. The van der Waals surface area contributed by atoms with Gasteiger partial charge < -0.3 is 9.73 Å². The lowest BCUT2D eigenvalue weighted by molar-refractivity contribution is -0.111. The van der Waals surface area contributed by atoms with Crippen molar-refractivity contribution in [2.24, 2.45) is 0 Å². The molecule has 0 fully saturated rings. The van der Waals surface area contributed by atoms with E-state index in [9.17, 15) is 4.79 Å². The summed E-state index contributed by atoms with van der Waals surface area (Å²) in [7, 11) is 0. The molecule has 5 nitrogen and oxygen atoms in total. The summed E-state index contributed by atoms with van der Waals surface area (Å²) < 4.78 is 6.14. The first-order valence-electron chi connectivity index (χ1n) is 6.32. The third-order valence-corrected chi connectivity index (χ3v) is 4.34. The lowest BCUT2D eigenvalue weighted by Crippen LogP contribution is -2.07. The van der Waals surface area contributed by atoms with Gasteiger partial charge in [0, 0.05) is 22.2 Å². The number of nitrogens with one attached hydrogen (secondary N) is 1. The third-order valence-electron chi connectivity index (χ3n) is 2.75. The summed E-state index contributed by atoms with van der Waals surface area (Å²) >= 11 is 4.95. The lowest BCUT2D eigenvalue weighted by Gasteiger charge is -2.02. The zero-order valence-electron chi connectivity index (χ0n) is 11.2. The Labute approximate surface area is 138 Å². The molecule has 2 heterocycles. The number of benzene rings is 1. The van der Waals surface area contributed by atoms with Crippen LogP contribution < -0.4 is 5.32 Å². The van der Waals surface area contributed by atoms with Gasteiger partial charge in [0.25, 0.3) is 0 Å². The lowest BCUT2D eigenvalue weighted by atomic mass is 10.2. The molecule has 2 aromatic heterocycles. The first-order valence-corrected chi connectivity index (χ1v) is 7.93. The zero-order valence-corrected chi connectivity index (χ0v) is 13.6. The Balaban J connectivity index is 1.63. The fourth-order valence-electron chi connectivity index (χ4n) is 1.75. The number of carbonyl (C=O) groups excluding carboxylic acids is 1. The average Bonchev–Trinajstić information content (AvgIpc) is 3.17. The molecule has 1 aromatic carbocycles. The van der Waals surface area contributed by atoms with E-state index in [1.54, 1.807) is 29.5 Å². The predicted molar refractivity (Wildman–Crippen MR) is 89.4 cm³/mol. The highest BCUT2D eigenvalue weighted by molar-refractivity contribution is 9.11. The zero-order chi connectivity index (χ0) is 15.4. The number of thiophene rings is 1. The maximum Gasteiger partial charge on any atom is 0.248 e. The molecular formula is C15H10BrN3O2S. The van der Waals surface area contributed by atoms with Crippen LogP contribution in [0.15, 0.2) is 57.1 Å². The second kappa shape index (κ2) is 6.67. The van der Waals surface area contributed by atoms with Crippen molar-refractivity contribution in [1.82, 2.24) is 10.2 Å². The maximum absolute atomic E-state index is 11.9. The van der Waals surface area contributed by atoms with Crippen molar-refractivity contribution in [2.45, 2.75) is 0 Å². The van der Waals surface area contributed by atoms with Crippen molar-refractivity contribution in [3.05, 3.63) is 57.5 Å². The van der Waals surface area contributed by atoms with Gasteiger partial charge in [0.2, 0.25) is 18.2 Å². The van der Waals surface area contributed by atoms with Crippen LogP contribution in [0.3, 0.4) is 0 Å². The Morgan fingerprint density at radius 1 is 1.23 bits per heavy atom. The van der Waals surface area contributed by atoms with Crippen molar-refractivity contribution in [3.8, 4) is 11.5 Å². The van der Waals surface area contributed by atoms with Crippen LogP contribution in [0.1, 0.15) is 4.88 Å². The molecule has 0 saturated carbocycles. The number of hydrogen-bond donors (Lipinski definition) is 1.